The molecule has 0 aliphatic carbocycles. The summed E-state index contributed by atoms with van der Waals surface area (Å²) in [4.78, 5) is 48.5. The second kappa shape index (κ2) is 21.5. The van der Waals surface area contributed by atoms with Crippen LogP contribution in [0.25, 0.3) is 0 Å². The number of rotatable bonds is 2. The topological polar surface area (TPSA) is 136 Å². The number of carbonyl (C=O) groups excluding carboxylic acids is 3. The van der Waals surface area contributed by atoms with Gasteiger partial charge in [0.15, 0.2) is 0 Å². The Balaban J connectivity index is 0.000000361. The van der Waals surface area contributed by atoms with Crippen molar-refractivity contribution in [1.82, 2.24) is 20.2 Å². The predicted molar refractivity (Wildman–Crippen MR) is 194 cm³/mol. The lowest BCUT2D eigenvalue weighted by atomic mass is 10.2. The van der Waals surface area contributed by atoms with Crippen molar-refractivity contribution >= 4 is 53.0 Å². The van der Waals surface area contributed by atoms with Gasteiger partial charge in [-0.1, -0.05) is 0 Å². The molecule has 15 heteroatoms. The standard InChI is InChI=1S/C14H21N3O2.C10H18O5.C9H13N3.CH2Cl2/c1-14(2,3)19-13(18)17-9-7-16(8-10-17)12-5-4-6-15-11-12;1-9(2,3)14-7(11)13-8(12)15-10(4,5)6;1-2-9(8-11-3-1)12-6-4-10-5-7-12;2-1-3/h4-6,11H,7-10H2,1-3H3;1-6H3;1-3,8,10H,4-7H2;1H2. The van der Waals surface area contributed by atoms with Crippen LogP contribution in [0.2, 0.25) is 0 Å². The van der Waals surface area contributed by atoms with Gasteiger partial charge in [-0.2, -0.15) is 0 Å². The van der Waals surface area contributed by atoms with Gasteiger partial charge in [-0.05, 0) is 86.6 Å². The quantitative estimate of drug-likeness (QED) is 0.149. The first-order valence-electron chi connectivity index (χ1n) is 16.1. The van der Waals surface area contributed by atoms with Gasteiger partial charge in [-0.15, -0.1) is 23.2 Å². The molecule has 2 aliphatic heterocycles. The average molecular weight is 730 g/mol. The summed E-state index contributed by atoms with van der Waals surface area (Å²) < 4.78 is 19.2. The van der Waals surface area contributed by atoms with Crippen LogP contribution in [0.15, 0.2) is 49.1 Å². The number of aromatic nitrogens is 2. The molecule has 13 nitrogen and oxygen atoms in total. The van der Waals surface area contributed by atoms with Crippen molar-refractivity contribution in [3.05, 3.63) is 49.1 Å². The first-order chi connectivity index (χ1) is 22.8. The van der Waals surface area contributed by atoms with Crippen LogP contribution < -0.4 is 15.1 Å². The normalized spacial score (nSPS) is 14.7. The minimum absolute atomic E-state index is 0.194. The maximum Gasteiger partial charge on any atom is 0.519 e. The maximum absolute atomic E-state index is 11.9. The van der Waals surface area contributed by atoms with Gasteiger partial charge in [0, 0.05) is 64.8 Å². The van der Waals surface area contributed by atoms with Crippen LogP contribution in [0.5, 0.6) is 0 Å². The van der Waals surface area contributed by atoms with Crippen LogP contribution in [0.4, 0.5) is 25.8 Å². The zero-order chi connectivity index (χ0) is 37.1. The van der Waals surface area contributed by atoms with E-state index in [4.69, 9.17) is 37.4 Å². The molecule has 49 heavy (non-hydrogen) atoms. The summed E-state index contributed by atoms with van der Waals surface area (Å²) in [5.74, 6) is 0. The molecule has 0 radical (unpaired) electrons. The molecule has 1 N–H and O–H groups in total. The number of piperazine rings is 2. The number of hydrogen-bond donors (Lipinski definition) is 1. The fourth-order valence-electron chi connectivity index (χ4n) is 4.09. The summed E-state index contributed by atoms with van der Waals surface area (Å²) in [7, 11) is 0. The average Bonchev–Trinajstić information content (AvgIpc) is 3.01. The molecule has 0 spiro atoms. The Morgan fingerprint density at radius 1 is 0.673 bits per heavy atom. The second-order valence-electron chi connectivity index (χ2n) is 13.7. The predicted octanol–water partition coefficient (Wildman–Crippen LogP) is 6.92. The molecule has 0 unspecified atom stereocenters. The number of alkyl halides is 2. The van der Waals surface area contributed by atoms with Gasteiger partial charge >= 0.3 is 18.4 Å². The summed E-state index contributed by atoms with van der Waals surface area (Å²) in [6, 6.07) is 8.06. The number of anilines is 2. The highest BCUT2D eigenvalue weighted by atomic mass is 35.5. The van der Waals surface area contributed by atoms with E-state index in [9.17, 15) is 14.4 Å². The fourth-order valence-corrected chi connectivity index (χ4v) is 4.09. The summed E-state index contributed by atoms with van der Waals surface area (Å²) in [6.07, 6.45) is 5.01. The third-order valence-corrected chi connectivity index (χ3v) is 6.02. The highest BCUT2D eigenvalue weighted by Gasteiger charge is 2.26. The van der Waals surface area contributed by atoms with Crippen LogP contribution in [-0.2, 0) is 18.9 Å². The molecule has 0 aromatic carbocycles. The summed E-state index contributed by atoms with van der Waals surface area (Å²) in [5, 5.41) is 3.52. The molecule has 0 bridgehead atoms. The van der Waals surface area contributed by atoms with Crippen molar-refractivity contribution in [2.45, 2.75) is 79.1 Å². The Morgan fingerprint density at radius 2 is 1.06 bits per heavy atom. The number of pyridine rings is 2. The first kappa shape index (κ1) is 43.5. The van der Waals surface area contributed by atoms with E-state index in [0.717, 1.165) is 45.0 Å². The van der Waals surface area contributed by atoms with Crippen molar-refractivity contribution < 1.29 is 33.3 Å². The Labute approximate surface area is 301 Å². The zero-order valence-electron chi connectivity index (χ0n) is 30.3. The minimum atomic E-state index is -1.06. The van der Waals surface area contributed by atoms with Gasteiger partial charge in [0.2, 0.25) is 0 Å². The van der Waals surface area contributed by atoms with Crippen molar-refractivity contribution in [2.24, 2.45) is 0 Å². The number of amides is 1. The van der Waals surface area contributed by atoms with E-state index in [1.807, 2.05) is 57.6 Å². The van der Waals surface area contributed by atoms with Gasteiger partial charge in [-0.3, -0.25) is 9.97 Å². The molecule has 0 saturated carbocycles. The molecular weight excluding hydrogens is 675 g/mol. The molecule has 2 saturated heterocycles. The lowest BCUT2D eigenvalue weighted by Gasteiger charge is -2.36. The molecule has 2 fully saturated rings. The van der Waals surface area contributed by atoms with Crippen LogP contribution in [0.1, 0.15) is 62.3 Å². The van der Waals surface area contributed by atoms with E-state index in [2.05, 4.69) is 35.9 Å². The van der Waals surface area contributed by atoms with E-state index in [1.54, 1.807) is 52.6 Å². The second-order valence-corrected chi connectivity index (χ2v) is 14.6. The first-order valence-corrected chi connectivity index (χ1v) is 17.1. The number of ether oxygens (including phenoxy) is 4. The molecule has 2 aromatic rings. The lowest BCUT2D eigenvalue weighted by Crippen LogP contribution is -2.50. The smallest absolute Gasteiger partial charge is 0.444 e. The lowest BCUT2D eigenvalue weighted by molar-refractivity contribution is -0.0294. The monoisotopic (exact) mass is 728 g/mol. The Bertz CT molecular complexity index is 1200. The largest absolute Gasteiger partial charge is 0.519 e. The van der Waals surface area contributed by atoms with Crippen molar-refractivity contribution in [3.63, 3.8) is 0 Å². The molecule has 2 aromatic heterocycles. The Hall–Kier alpha value is -3.55. The van der Waals surface area contributed by atoms with E-state index >= 15 is 0 Å². The van der Waals surface area contributed by atoms with Gasteiger partial charge in [-0.25, -0.2) is 14.4 Å². The minimum Gasteiger partial charge on any atom is -0.444 e. The van der Waals surface area contributed by atoms with E-state index in [1.165, 1.54) is 5.69 Å². The Morgan fingerprint density at radius 3 is 1.41 bits per heavy atom. The fraction of sp³-hybridized carbons (Fsp3) is 0.618. The van der Waals surface area contributed by atoms with Crippen molar-refractivity contribution in [1.29, 1.82) is 0 Å². The van der Waals surface area contributed by atoms with Crippen LogP contribution in [-0.4, -0.2) is 108 Å². The molecule has 276 valence electrons. The van der Waals surface area contributed by atoms with Gasteiger partial charge in [0.1, 0.15) is 16.8 Å². The van der Waals surface area contributed by atoms with Crippen LogP contribution in [0.3, 0.4) is 0 Å². The summed E-state index contributed by atoms with van der Waals surface area (Å²) in [6.45, 7) is 23.0. The number of hydrogen-bond acceptors (Lipinski definition) is 12. The highest BCUT2D eigenvalue weighted by molar-refractivity contribution is 6.40. The van der Waals surface area contributed by atoms with E-state index in [0.29, 0.717) is 13.1 Å². The van der Waals surface area contributed by atoms with Gasteiger partial charge in [0.05, 0.1) is 29.1 Å². The van der Waals surface area contributed by atoms with E-state index in [-0.39, 0.29) is 11.4 Å². The molecule has 1 amide bonds. The summed E-state index contributed by atoms with van der Waals surface area (Å²) in [5.41, 5.74) is 0.515. The molecule has 4 rings (SSSR count). The SMILES string of the molecule is CC(C)(C)OC(=O)N1CCN(c2cccnc2)CC1.CC(C)(C)OC(=O)OC(=O)OC(C)(C)C.ClCCl.c1cncc(N2CCNCC2)c1. The van der Waals surface area contributed by atoms with Crippen LogP contribution in [0, 0.1) is 0 Å². The number of nitrogens with zero attached hydrogens (tertiary/aromatic N) is 5. The van der Waals surface area contributed by atoms with Gasteiger partial charge in [0.25, 0.3) is 0 Å². The molecule has 0 atom stereocenters. The zero-order valence-corrected chi connectivity index (χ0v) is 31.8. The Kier molecular flexibility index (Phi) is 19.1. The van der Waals surface area contributed by atoms with Crippen molar-refractivity contribution in [3.8, 4) is 0 Å². The summed E-state index contributed by atoms with van der Waals surface area (Å²) >= 11 is 9.53. The number of halogens is 2. The third kappa shape index (κ3) is 21.2. The number of nitrogens with one attached hydrogen (secondary N) is 1. The maximum atomic E-state index is 11.9. The van der Waals surface area contributed by atoms with Gasteiger partial charge < -0.3 is 39.0 Å². The third-order valence-electron chi connectivity index (χ3n) is 6.02. The van der Waals surface area contributed by atoms with E-state index < -0.39 is 29.1 Å². The highest BCUT2D eigenvalue weighted by Crippen LogP contribution is 2.17. The van der Waals surface area contributed by atoms with Crippen molar-refractivity contribution in [2.75, 3.05) is 67.5 Å². The van der Waals surface area contributed by atoms with Crippen LogP contribution >= 0.6 is 23.2 Å². The molecule has 4 heterocycles. The number of carbonyl (C=O) groups is 3. The molecule has 2 aliphatic rings. The molecular formula is C34H54Cl2N6O7.